The minimum atomic E-state index is 0.118. The van der Waals surface area contributed by atoms with Crippen LogP contribution in [0.1, 0.15) is 17.8 Å². The van der Waals surface area contributed by atoms with Gasteiger partial charge in [-0.3, -0.25) is 9.48 Å². The predicted octanol–water partition coefficient (Wildman–Crippen LogP) is 1.39. The molecule has 96 valence electrons. The Bertz CT molecular complexity index is 502. The Kier molecular flexibility index (Phi) is 3.53. The van der Waals surface area contributed by atoms with Crippen molar-refractivity contribution in [1.82, 2.24) is 14.7 Å². The van der Waals surface area contributed by atoms with Crippen LogP contribution < -0.4 is 0 Å². The Labute approximate surface area is 105 Å². The molecule has 2 rings (SSSR count). The van der Waals surface area contributed by atoms with Gasteiger partial charge in [-0.2, -0.15) is 5.10 Å². The number of likely N-dealkylation sites (tertiary alicyclic amines) is 1. The third-order valence-corrected chi connectivity index (χ3v) is 3.15. The monoisotopic (exact) mass is 248 g/mol. The largest absolute Gasteiger partial charge is 0.337 e. The molecule has 18 heavy (non-hydrogen) atoms. The lowest BCUT2D eigenvalue weighted by atomic mass is 10.1. The quantitative estimate of drug-likeness (QED) is 0.458. The van der Waals surface area contributed by atoms with Crippen molar-refractivity contribution in [2.24, 2.45) is 18.1 Å². The Morgan fingerprint density at radius 1 is 1.67 bits per heavy atom. The van der Waals surface area contributed by atoms with Crippen molar-refractivity contribution in [1.29, 1.82) is 0 Å². The fourth-order valence-corrected chi connectivity index (χ4v) is 2.29. The van der Waals surface area contributed by atoms with Crippen LogP contribution in [0, 0.1) is 12.8 Å². The second-order valence-electron chi connectivity index (χ2n) is 4.66. The van der Waals surface area contributed by atoms with Gasteiger partial charge in [-0.1, -0.05) is 5.11 Å². The first kappa shape index (κ1) is 12.4. The van der Waals surface area contributed by atoms with E-state index in [4.69, 9.17) is 5.53 Å². The lowest BCUT2D eigenvalue weighted by Crippen LogP contribution is -2.26. The van der Waals surface area contributed by atoms with E-state index in [2.05, 4.69) is 15.1 Å². The van der Waals surface area contributed by atoms with Crippen molar-refractivity contribution >= 4 is 5.91 Å². The number of azide groups is 1. The van der Waals surface area contributed by atoms with Gasteiger partial charge in [-0.05, 0) is 24.4 Å². The van der Waals surface area contributed by atoms with E-state index < -0.39 is 0 Å². The van der Waals surface area contributed by atoms with Crippen LogP contribution in [0.15, 0.2) is 11.2 Å². The summed E-state index contributed by atoms with van der Waals surface area (Å²) in [5, 5.41) is 7.79. The van der Waals surface area contributed by atoms with Crippen LogP contribution in [-0.2, 0) is 18.4 Å². The lowest BCUT2D eigenvalue weighted by molar-refractivity contribution is -0.128. The third kappa shape index (κ3) is 2.62. The zero-order valence-corrected chi connectivity index (χ0v) is 10.6. The molecular formula is C11H16N6O. The molecular weight excluding hydrogens is 232 g/mol. The van der Waals surface area contributed by atoms with E-state index in [1.54, 1.807) is 9.58 Å². The molecule has 2 heterocycles. The summed E-state index contributed by atoms with van der Waals surface area (Å²) in [7, 11) is 1.88. The first-order chi connectivity index (χ1) is 8.60. The van der Waals surface area contributed by atoms with Crippen molar-refractivity contribution in [3.63, 3.8) is 0 Å². The molecule has 0 saturated carbocycles. The summed E-state index contributed by atoms with van der Waals surface area (Å²) in [4.78, 5) is 16.4. The maximum atomic E-state index is 11.8. The van der Waals surface area contributed by atoms with Gasteiger partial charge >= 0.3 is 0 Å². The molecule has 0 aromatic carbocycles. The molecule has 1 saturated heterocycles. The van der Waals surface area contributed by atoms with Crippen LogP contribution in [0.5, 0.6) is 0 Å². The highest BCUT2D eigenvalue weighted by molar-refractivity contribution is 5.78. The standard InChI is InChI=1S/C11H16N6O/c1-8-3-10(16(2)14-8)7-17-6-9(4-11(17)18)5-13-15-12/h3,9H,4-7H2,1-2H3. The Balaban J connectivity index is 2.00. The topological polar surface area (TPSA) is 86.9 Å². The predicted molar refractivity (Wildman–Crippen MR) is 65.5 cm³/mol. The second kappa shape index (κ2) is 5.10. The summed E-state index contributed by atoms with van der Waals surface area (Å²) in [6.45, 7) is 3.55. The summed E-state index contributed by atoms with van der Waals surface area (Å²) in [6.07, 6.45) is 0.468. The van der Waals surface area contributed by atoms with Crippen LogP contribution >= 0.6 is 0 Å². The van der Waals surface area contributed by atoms with E-state index in [9.17, 15) is 4.79 Å². The summed E-state index contributed by atoms with van der Waals surface area (Å²) >= 11 is 0. The molecule has 0 N–H and O–H groups in total. The van der Waals surface area contributed by atoms with Gasteiger partial charge in [0.05, 0.1) is 17.9 Å². The zero-order chi connectivity index (χ0) is 13.1. The molecule has 1 fully saturated rings. The first-order valence-corrected chi connectivity index (χ1v) is 5.88. The number of aryl methyl sites for hydroxylation is 2. The minimum absolute atomic E-state index is 0.118. The summed E-state index contributed by atoms with van der Waals surface area (Å²) < 4.78 is 1.80. The number of rotatable bonds is 4. The highest BCUT2D eigenvalue weighted by Gasteiger charge is 2.29. The second-order valence-corrected chi connectivity index (χ2v) is 4.66. The number of aromatic nitrogens is 2. The van der Waals surface area contributed by atoms with Crippen molar-refractivity contribution in [2.45, 2.75) is 19.9 Å². The number of amides is 1. The normalized spacial score (nSPS) is 19.1. The molecule has 1 unspecified atom stereocenters. The third-order valence-electron chi connectivity index (χ3n) is 3.15. The first-order valence-electron chi connectivity index (χ1n) is 5.88. The molecule has 7 nitrogen and oxygen atoms in total. The maximum absolute atomic E-state index is 11.8. The molecule has 1 aliphatic rings. The fourth-order valence-electron chi connectivity index (χ4n) is 2.29. The van der Waals surface area contributed by atoms with Crippen molar-refractivity contribution in [3.05, 3.63) is 27.9 Å². The average molecular weight is 248 g/mol. The van der Waals surface area contributed by atoms with Crippen molar-refractivity contribution in [3.8, 4) is 0 Å². The molecule has 0 bridgehead atoms. The lowest BCUT2D eigenvalue weighted by Gasteiger charge is -2.16. The van der Waals surface area contributed by atoms with Gasteiger partial charge in [-0.15, -0.1) is 0 Å². The van der Waals surface area contributed by atoms with Crippen LogP contribution in [-0.4, -0.2) is 33.7 Å². The van der Waals surface area contributed by atoms with Gasteiger partial charge in [0.2, 0.25) is 5.91 Å². The summed E-state index contributed by atoms with van der Waals surface area (Å²) in [5.74, 6) is 0.259. The number of carbonyl (C=O) groups is 1. The molecule has 7 heteroatoms. The Morgan fingerprint density at radius 2 is 2.44 bits per heavy atom. The molecule has 1 aliphatic heterocycles. The number of nitrogens with zero attached hydrogens (tertiary/aromatic N) is 6. The van der Waals surface area contributed by atoms with Crippen LogP contribution in [0.3, 0.4) is 0 Å². The Morgan fingerprint density at radius 3 is 3.06 bits per heavy atom. The van der Waals surface area contributed by atoms with Gasteiger partial charge in [0.15, 0.2) is 0 Å². The molecule has 1 atom stereocenters. The van der Waals surface area contributed by atoms with Crippen LogP contribution in [0.4, 0.5) is 0 Å². The van der Waals surface area contributed by atoms with Gasteiger partial charge in [0.25, 0.3) is 0 Å². The Hall–Kier alpha value is -2.01. The average Bonchev–Trinajstić information content (AvgIpc) is 2.81. The number of hydrogen-bond donors (Lipinski definition) is 0. The van der Waals surface area contributed by atoms with E-state index in [0.717, 1.165) is 11.4 Å². The van der Waals surface area contributed by atoms with Crippen LogP contribution in [0.2, 0.25) is 0 Å². The van der Waals surface area contributed by atoms with Gasteiger partial charge in [-0.25, -0.2) is 0 Å². The van der Waals surface area contributed by atoms with Gasteiger partial charge in [0.1, 0.15) is 0 Å². The molecule has 0 spiro atoms. The highest BCUT2D eigenvalue weighted by Crippen LogP contribution is 2.20. The zero-order valence-electron chi connectivity index (χ0n) is 10.6. The molecule has 0 aliphatic carbocycles. The molecule has 1 aromatic heterocycles. The minimum Gasteiger partial charge on any atom is -0.337 e. The molecule has 0 radical (unpaired) electrons. The molecule has 1 aromatic rings. The van der Waals surface area contributed by atoms with Crippen LogP contribution in [0.25, 0.3) is 10.4 Å². The maximum Gasteiger partial charge on any atom is 0.223 e. The fraction of sp³-hybridized carbons (Fsp3) is 0.636. The van der Waals surface area contributed by atoms with Crippen molar-refractivity contribution < 1.29 is 4.79 Å². The van der Waals surface area contributed by atoms with E-state index in [1.807, 2.05) is 20.0 Å². The smallest absolute Gasteiger partial charge is 0.223 e. The van der Waals surface area contributed by atoms with Crippen molar-refractivity contribution in [2.75, 3.05) is 13.1 Å². The molecule has 1 amide bonds. The summed E-state index contributed by atoms with van der Waals surface area (Å²) in [6, 6.07) is 1.98. The highest BCUT2D eigenvalue weighted by atomic mass is 16.2. The number of carbonyl (C=O) groups excluding carboxylic acids is 1. The van der Waals surface area contributed by atoms with E-state index in [0.29, 0.717) is 26.1 Å². The SMILES string of the molecule is Cc1cc(CN2CC(CN=[N+]=[N-])CC2=O)n(C)n1. The van der Waals surface area contributed by atoms with E-state index in [-0.39, 0.29) is 11.8 Å². The van der Waals surface area contributed by atoms with Gasteiger partial charge in [0, 0.05) is 31.5 Å². The summed E-state index contributed by atoms with van der Waals surface area (Å²) in [5.41, 5.74) is 10.2. The van der Waals surface area contributed by atoms with E-state index >= 15 is 0 Å². The van der Waals surface area contributed by atoms with E-state index in [1.165, 1.54) is 0 Å². The van der Waals surface area contributed by atoms with Gasteiger partial charge < -0.3 is 4.90 Å². The number of hydrogen-bond acceptors (Lipinski definition) is 3.